The molecule has 0 fully saturated rings. The second-order valence-corrected chi connectivity index (χ2v) is 7.84. The summed E-state index contributed by atoms with van der Waals surface area (Å²) >= 11 is 0. The SMILES string of the molecule is Cc1ccccc1CNC(=O)[C@@H](C)N(c1ccc(F)c(F)c1)S(C)(=O)=O. The van der Waals surface area contributed by atoms with Gasteiger partial charge in [-0.2, -0.15) is 0 Å². The summed E-state index contributed by atoms with van der Waals surface area (Å²) in [5.41, 5.74) is 1.76. The van der Waals surface area contributed by atoms with Crippen LogP contribution in [-0.2, 0) is 21.4 Å². The number of halogens is 2. The Morgan fingerprint density at radius 3 is 2.38 bits per heavy atom. The van der Waals surface area contributed by atoms with E-state index >= 15 is 0 Å². The molecule has 0 saturated carbocycles. The average molecular weight is 382 g/mol. The van der Waals surface area contributed by atoms with Crippen LogP contribution in [0, 0.1) is 18.6 Å². The molecule has 0 unspecified atom stereocenters. The smallest absolute Gasteiger partial charge is 0.243 e. The summed E-state index contributed by atoms with van der Waals surface area (Å²) in [6.45, 7) is 3.51. The molecule has 140 valence electrons. The zero-order chi connectivity index (χ0) is 19.5. The average Bonchev–Trinajstić information content (AvgIpc) is 2.56. The molecule has 26 heavy (non-hydrogen) atoms. The van der Waals surface area contributed by atoms with E-state index in [1.807, 2.05) is 31.2 Å². The molecule has 0 radical (unpaired) electrons. The first kappa shape index (κ1) is 19.8. The van der Waals surface area contributed by atoms with Gasteiger partial charge in [-0.1, -0.05) is 24.3 Å². The second-order valence-electron chi connectivity index (χ2n) is 5.98. The highest BCUT2D eigenvalue weighted by Gasteiger charge is 2.29. The molecule has 0 spiro atoms. The molecule has 0 saturated heterocycles. The van der Waals surface area contributed by atoms with Gasteiger partial charge >= 0.3 is 0 Å². The molecule has 5 nitrogen and oxygen atoms in total. The molecule has 1 amide bonds. The number of aryl methyl sites for hydroxylation is 1. The molecule has 2 rings (SSSR count). The highest BCUT2D eigenvalue weighted by Crippen LogP contribution is 2.23. The number of carbonyl (C=O) groups excluding carboxylic acids is 1. The number of hydrogen-bond donors (Lipinski definition) is 1. The summed E-state index contributed by atoms with van der Waals surface area (Å²) < 4.78 is 51.7. The van der Waals surface area contributed by atoms with E-state index in [1.54, 1.807) is 0 Å². The van der Waals surface area contributed by atoms with Crippen molar-refractivity contribution in [3.63, 3.8) is 0 Å². The number of anilines is 1. The van der Waals surface area contributed by atoms with Gasteiger partial charge in [0.05, 0.1) is 11.9 Å². The number of benzene rings is 2. The van der Waals surface area contributed by atoms with Crippen molar-refractivity contribution < 1.29 is 22.0 Å². The minimum absolute atomic E-state index is 0.120. The van der Waals surface area contributed by atoms with Gasteiger partial charge in [-0.25, -0.2) is 17.2 Å². The molecule has 0 aliphatic heterocycles. The van der Waals surface area contributed by atoms with Crippen LogP contribution in [0.15, 0.2) is 42.5 Å². The van der Waals surface area contributed by atoms with Crippen molar-refractivity contribution in [2.45, 2.75) is 26.4 Å². The summed E-state index contributed by atoms with van der Waals surface area (Å²) in [7, 11) is -3.90. The van der Waals surface area contributed by atoms with E-state index in [1.165, 1.54) is 6.92 Å². The molecule has 2 aromatic carbocycles. The lowest BCUT2D eigenvalue weighted by Gasteiger charge is -2.28. The maximum absolute atomic E-state index is 13.5. The van der Waals surface area contributed by atoms with E-state index in [2.05, 4.69) is 5.32 Å². The van der Waals surface area contributed by atoms with Crippen molar-refractivity contribution in [1.82, 2.24) is 5.32 Å². The third-order valence-corrected chi connectivity index (χ3v) is 5.20. The molecular formula is C18H20F2N2O3S. The Kier molecular flexibility index (Phi) is 5.97. The van der Waals surface area contributed by atoms with Crippen molar-refractivity contribution in [2.24, 2.45) is 0 Å². The molecular weight excluding hydrogens is 362 g/mol. The van der Waals surface area contributed by atoms with Crippen LogP contribution >= 0.6 is 0 Å². The molecule has 0 bridgehead atoms. The maximum Gasteiger partial charge on any atom is 0.243 e. The lowest BCUT2D eigenvalue weighted by atomic mass is 10.1. The number of hydrogen-bond acceptors (Lipinski definition) is 3. The Morgan fingerprint density at radius 1 is 1.15 bits per heavy atom. The molecule has 0 aliphatic rings. The van der Waals surface area contributed by atoms with Crippen LogP contribution in [0.25, 0.3) is 0 Å². The summed E-state index contributed by atoms with van der Waals surface area (Å²) in [6, 6.07) is 9.00. The second kappa shape index (κ2) is 7.82. The normalized spacial score (nSPS) is 12.5. The third kappa shape index (κ3) is 4.57. The van der Waals surface area contributed by atoms with Crippen LogP contribution < -0.4 is 9.62 Å². The van der Waals surface area contributed by atoms with Gasteiger partial charge in [-0.05, 0) is 37.1 Å². The van der Waals surface area contributed by atoms with Gasteiger partial charge < -0.3 is 5.32 Å². The largest absolute Gasteiger partial charge is 0.350 e. The van der Waals surface area contributed by atoms with E-state index in [0.29, 0.717) is 0 Å². The summed E-state index contributed by atoms with van der Waals surface area (Å²) in [6.07, 6.45) is 0.902. The molecule has 1 N–H and O–H groups in total. The Balaban J connectivity index is 2.23. The van der Waals surface area contributed by atoms with Crippen LogP contribution in [0.2, 0.25) is 0 Å². The zero-order valence-corrected chi connectivity index (χ0v) is 15.5. The van der Waals surface area contributed by atoms with E-state index < -0.39 is 33.6 Å². The molecule has 8 heteroatoms. The Labute approximate surface area is 151 Å². The van der Waals surface area contributed by atoms with Crippen molar-refractivity contribution in [1.29, 1.82) is 0 Å². The van der Waals surface area contributed by atoms with Crippen molar-refractivity contribution in [3.8, 4) is 0 Å². The van der Waals surface area contributed by atoms with Gasteiger partial charge in [-0.15, -0.1) is 0 Å². The molecule has 2 aromatic rings. The molecule has 0 heterocycles. The fourth-order valence-corrected chi connectivity index (χ4v) is 3.74. The van der Waals surface area contributed by atoms with E-state index in [9.17, 15) is 22.0 Å². The van der Waals surface area contributed by atoms with Gasteiger partial charge in [0, 0.05) is 12.6 Å². The van der Waals surface area contributed by atoms with Gasteiger partial charge in [0.15, 0.2) is 11.6 Å². The van der Waals surface area contributed by atoms with Crippen LogP contribution in [0.5, 0.6) is 0 Å². The molecule has 0 aliphatic carbocycles. The number of carbonyl (C=O) groups is 1. The van der Waals surface area contributed by atoms with Gasteiger partial charge in [-0.3, -0.25) is 9.10 Å². The van der Waals surface area contributed by atoms with E-state index in [-0.39, 0.29) is 12.2 Å². The van der Waals surface area contributed by atoms with Gasteiger partial charge in [0.2, 0.25) is 15.9 Å². The summed E-state index contributed by atoms with van der Waals surface area (Å²) in [5, 5.41) is 2.68. The topological polar surface area (TPSA) is 66.5 Å². The van der Waals surface area contributed by atoms with Crippen molar-refractivity contribution in [2.75, 3.05) is 10.6 Å². The highest BCUT2D eigenvalue weighted by atomic mass is 32.2. The third-order valence-electron chi connectivity index (χ3n) is 3.96. The van der Waals surface area contributed by atoms with Crippen LogP contribution in [0.4, 0.5) is 14.5 Å². The van der Waals surface area contributed by atoms with Crippen LogP contribution in [0.1, 0.15) is 18.1 Å². The zero-order valence-electron chi connectivity index (χ0n) is 14.7. The summed E-state index contributed by atoms with van der Waals surface area (Å²) in [5.74, 6) is -2.84. The molecule has 1 atom stereocenters. The number of amides is 1. The van der Waals surface area contributed by atoms with Gasteiger partial charge in [0.1, 0.15) is 6.04 Å². The number of sulfonamides is 1. The lowest BCUT2D eigenvalue weighted by Crippen LogP contribution is -2.47. The van der Waals surface area contributed by atoms with Crippen LogP contribution in [-0.4, -0.2) is 26.6 Å². The van der Waals surface area contributed by atoms with Crippen molar-refractivity contribution in [3.05, 3.63) is 65.2 Å². The number of rotatable bonds is 6. The lowest BCUT2D eigenvalue weighted by molar-refractivity contribution is -0.122. The first-order valence-corrected chi connectivity index (χ1v) is 9.72. The monoisotopic (exact) mass is 382 g/mol. The first-order valence-electron chi connectivity index (χ1n) is 7.88. The quantitative estimate of drug-likeness (QED) is 0.835. The highest BCUT2D eigenvalue weighted by molar-refractivity contribution is 7.92. The molecule has 0 aromatic heterocycles. The summed E-state index contributed by atoms with van der Waals surface area (Å²) in [4.78, 5) is 12.5. The predicted molar refractivity (Wildman–Crippen MR) is 96.2 cm³/mol. The Bertz CT molecular complexity index is 916. The minimum Gasteiger partial charge on any atom is -0.350 e. The fraction of sp³-hybridized carbons (Fsp3) is 0.278. The Morgan fingerprint density at radius 2 is 1.81 bits per heavy atom. The number of nitrogens with one attached hydrogen (secondary N) is 1. The van der Waals surface area contributed by atoms with Crippen molar-refractivity contribution >= 4 is 21.6 Å². The van der Waals surface area contributed by atoms with E-state index in [4.69, 9.17) is 0 Å². The first-order chi connectivity index (χ1) is 12.1. The predicted octanol–water partition coefficient (Wildman–Crippen LogP) is 2.74. The Hall–Kier alpha value is -2.48. The van der Waals surface area contributed by atoms with E-state index in [0.717, 1.165) is 39.9 Å². The number of nitrogens with zero attached hydrogens (tertiary/aromatic N) is 1. The minimum atomic E-state index is -3.90. The fourth-order valence-electron chi connectivity index (χ4n) is 2.57. The van der Waals surface area contributed by atoms with Gasteiger partial charge in [0.25, 0.3) is 0 Å². The standard InChI is InChI=1S/C18H20F2N2O3S/c1-12-6-4-5-7-14(12)11-21-18(23)13(2)22(26(3,24)25)15-8-9-16(19)17(20)10-15/h4-10,13H,11H2,1-3H3,(H,21,23)/t13-/m1/s1. The van der Waals surface area contributed by atoms with Crippen LogP contribution in [0.3, 0.4) is 0 Å². The maximum atomic E-state index is 13.5.